The summed E-state index contributed by atoms with van der Waals surface area (Å²) in [5.41, 5.74) is 0. The maximum atomic E-state index is 11.7. The minimum absolute atomic E-state index is 0.197. The van der Waals surface area contributed by atoms with Crippen LogP contribution >= 0.6 is 0 Å². The van der Waals surface area contributed by atoms with Gasteiger partial charge in [-0.2, -0.15) is 0 Å². The van der Waals surface area contributed by atoms with E-state index < -0.39 is 0 Å². The molecule has 96 valence electrons. The molecule has 1 aromatic rings. The fourth-order valence-electron chi connectivity index (χ4n) is 1.43. The van der Waals surface area contributed by atoms with Gasteiger partial charge >= 0.3 is 0 Å². The molecule has 0 spiro atoms. The van der Waals surface area contributed by atoms with Crippen LogP contribution in [0.25, 0.3) is 0 Å². The second-order valence-electron chi connectivity index (χ2n) is 4.99. The summed E-state index contributed by atoms with van der Waals surface area (Å²) in [5, 5.41) is 9.50. The maximum Gasteiger partial charge on any atom is 0.290 e. The van der Waals surface area contributed by atoms with Crippen molar-refractivity contribution in [1.29, 1.82) is 0 Å². The highest BCUT2D eigenvalue weighted by atomic mass is 16.2. The third-order valence-electron chi connectivity index (χ3n) is 2.50. The van der Waals surface area contributed by atoms with E-state index in [0.717, 1.165) is 18.7 Å². The van der Waals surface area contributed by atoms with Crippen LogP contribution in [0.4, 0.5) is 0 Å². The van der Waals surface area contributed by atoms with Gasteiger partial charge in [0.25, 0.3) is 5.91 Å². The number of carbonyl (C=O) groups is 1. The van der Waals surface area contributed by atoms with Crippen LogP contribution in [0.1, 0.15) is 62.9 Å². The zero-order valence-electron chi connectivity index (χ0n) is 11.1. The molecule has 17 heavy (non-hydrogen) atoms. The van der Waals surface area contributed by atoms with Gasteiger partial charge in [0, 0.05) is 12.5 Å². The minimum atomic E-state index is -0.197. The van der Waals surface area contributed by atoms with E-state index in [1.807, 2.05) is 13.8 Å². The second kappa shape index (κ2) is 6.37. The fraction of sp³-hybridized carbons (Fsp3) is 0.750. The molecule has 2 N–H and O–H groups in total. The average Bonchev–Trinajstić information content (AvgIpc) is 2.73. The lowest BCUT2D eigenvalue weighted by Gasteiger charge is -2.04. The van der Waals surface area contributed by atoms with E-state index in [2.05, 4.69) is 34.3 Å². The van der Waals surface area contributed by atoms with Crippen LogP contribution in [0.2, 0.25) is 0 Å². The Bertz CT molecular complexity index is 357. The predicted octanol–water partition coefficient (Wildman–Crippen LogP) is 2.09. The van der Waals surface area contributed by atoms with Crippen LogP contribution in [0.5, 0.6) is 0 Å². The van der Waals surface area contributed by atoms with E-state index in [9.17, 15) is 4.79 Å². The number of hydrogen-bond donors (Lipinski definition) is 2. The second-order valence-corrected chi connectivity index (χ2v) is 4.99. The Labute approximate surface area is 102 Å². The molecule has 0 saturated carbocycles. The molecular weight excluding hydrogens is 216 g/mol. The lowest BCUT2D eigenvalue weighted by molar-refractivity contribution is 0.0942. The number of nitrogens with one attached hydrogen (secondary N) is 2. The van der Waals surface area contributed by atoms with Gasteiger partial charge in [-0.1, -0.05) is 27.7 Å². The summed E-state index contributed by atoms with van der Waals surface area (Å²) >= 11 is 0. The number of H-pyrrole nitrogens is 1. The molecule has 0 radical (unpaired) electrons. The van der Waals surface area contributed by atoms with Gasteiger partial charge in [0.05, 0.1) is 0 Å². The number of amides is 1. The Morgan fingerprint density at radius 1 is 1.35 bits per heavy atom. The molecule has 0 atom stereocenters. The van der Waals surface area contributed by atoms with Crippen LogP contribution in [-0.2, 0) is 0 Å². The molecule has 0 aliphatic carbocycles. The highest BCUT2D eigenvalue weighted by Gasteiger charge is 2.13. The summed E-state index contributed by atoms with van der Waals surface area (Å²) in [6.07, 6.45) is 2.11. The summed E-state index contributed by atoms with van der Waals surface area (Å²) in [4.78, 5) is 15.8. The van der Waals surface area contributed by atoms with Gasteiger partial charge in [-0.05, 0) is 18.8 Å². The lowest BCUT2D eigenvalue weighted by atomic mass is 10.1. The summed E-state index contributed by atoms with van der Waals surface area (Å²) in [5.74, 6) is 1.71. The molecule has 5 nitrogen and oxygen atoms in total. The largest absolute Gasteiger partial charge is 0.349 e. The van der Waals surface area contributed by atoms with Gasteiger partial charge in [-0.25, -0.2) is 4.98 Å². The summed E-state index contributed by atoms with van der Waals surface area (Å²) in [6, 6.07) is 0. The number of rotatable bonds is 6. The maximum absolute atomic E-state index is 11.7. The first-order valence-electron chi connectivity index (χ1n) is 6.21. The number of aromatic amines is 1. The summed E-state index contributed by atoms with van der Waals surface area (Å²) < 4.78 is 0. The molecule has 5 heteroatoms. The lowest BCUT2D eigenvalue weighted by Crippen LogP contribution is -2.25. The average molecular weight is 238 g/mol. The fourth-order valence-corrected chi connectivity index (χ4v) is 1.43. The van der Waals surface area contributed by atoms with Crippen molar-refractivity contribution in [2.24, 2.45) is 5.92 Å². The molecule has 1 aromatic heterocycles. The van der Waals surface area contributed by atoms with Gasteiger partial charge in [0.1, 0.15) is 5.82 Å². The van der Waals surface area contributed by atoms with Crippen LogP contribution in [0, 0.1) is 5.92 Å². The first-order valence-corrected chi connectivity index (χ1v) is 6.21. The van der Waals surface area contributed by atoms with Crippen molar-refractivity contribution in [2.45, 2.75) is 46.5 Å². The molecule has 0 aromatic carbocycles. The number of aromatic nitrogens is 3. The SMILES string of the molecule is CC(C)CCCNC(=O)c1n[nH]c(C(C)C)n1. The molecule has 0 fully saturated rings. The number of nitrogens with zero attached hydrogens (tertiary/aromatic N) is 2. The summed E-state index contributed by atoms with van der Waals surface area (Å²) in [6.45, 7) is 9.04. The van der Waals surface area contributed by atoms with Crippen LogP contribution < -0.4 is 5.32 Å². The van der Waals surface area contributed by atoms with Gasteiger partial charge in [-0.3, -0.25) is 9.89 Å². The number of hydrogen-bond acceptors (Lipinski definition) is 3. The highest BCUT2D eigenvalue weighted by Crippen LogP contribution is 2.07. The molecule has 1 rings (SSSR count). The van der Waals surface area contributed by atoms with Crippen molar-refractivity contribution < 1.29 is 4.79 Å². The molecular formula is C12H22N4O. The molecule has 0 unspecified atom stereocenters. The Hall–Kier alpha value is -1.39. The van der Waals surface area contributed by atoms with Crippen LogP contribution in [-0.4, -0.2) is 27.6 Å². The smallest absolute Gasteiger partial charge is 0.290 e. The Morgan fingerprint density at radius 2 is 2.06 bits per heavy atom. The third kappa shape index (κ3) is 4.54. The normalized spacial score (nSPS) is 11.2. The van der Waals surface area contributed by atoms with E-state index in [0.29, 0.717) is 12.5 Å². The van der Waals surface area contributed by atoms with Crippen molar-refractivity contribution in [2.75, 3.05) is 6.54 Å². The Kier molecular flexibility index (Phi) is 5.12. The molecule has 1 amide bonds. The van der Waals surface area contributed by atoms with Crippen molar-refractivity contribution in [3.63, 3.8) is 0 Å². The zero-order valence-corrected chi connectivity index (χ0v) is 11.1. The summed E-state index contributed by atoms with van der Waals surface area (Å²) in [7, 11) is 0. The van der Waals surface area contributed by atoms with E-state index in [-0.39, 0.29) is 17.6 Å². The van der Waals surface area contributed by atoms with Crippen molar-refractivity contribution >= 4 is 5.91 Å². The van der Waals surface area contributed by atoms with Gasteiger partial charge < -0.3 is 5.32 Å². The van der Waals surface area contributed by atoms with E-state index in [1.165, 1.54) is 0 Å². The molecule has 0 aliphatic rings. The van der Waals surface area contributed by atoms with E-state index in [4.69, 9.17) is 0 Å². The Morgan fingerprint density at radius 3 is 2.59 bits per heavy atom. The van der Waals surface area contributed by atoms with Crippen molar-refractivity contribution in [3.05, 3.63) is 11.6 Å². The highest BCUT2D eigenvalue weighted by molar-refractivity contribution is 5.90. The third-order valence-corrected chi connectivity index (χ3v) is 2.50. The van der Waals surface area contributed by atoms with Crippen molar-refractivity contribution in [1.82, 2.24) is 20.5 Å². The molecule has 0 saturated heterocycles. The van der Waals surface area contributed by atoms with Gasteiger partial charge in [0.15, 0.2) is 0 Å². The van der Waals surface area contributed by atoms with Crippen molar-refractivity contribution in [3.8, 4) is 0 Å². The van der Waals surface area contributed by atoms with E-state index >= 15 is 0 Å². The topological polar surface area (TPSA) is 70.7 Å². The van der Waals surface area contributed by atoms with Crippen LogP contribution in [0.15, 0.2) is 0 Å². The first kappa shape index (κ1) is 13.7. The molecule has 0 bridgehead atoms. The number of carbonyl (C=O) groups excluding carboxylic acids is 1. The molecule has 0 aliphatic heterocycles. The Balaban J connectivity index is 2.36. The molecule has 1 heterocycles. The van der Waals surface area contributed by atoms with E-state index in [1.54, 1.807) is 0 Å². The quantitative estimate of drug-likeness (QED) is 0.745. The van der Waals surface area contributed by atoms with Gasteiger partial charge in [-0.15, -0.1) is 5.10 Å². The zero-order chi connectivity index (χ0) is 12.8. The predicted molar refractivity (Wildman–Crippen MR) is 66.9 cm³/mol. The monoisotopic (exact) mass is 238 g/mol. The first-order chi connectivity index (χ1) is 8.00. The minimum Gasteiger partial charge on any atom is -0.349 e. The van der Waals surface area contributed by atoms with Gasteiger partial charge in [0.2, 0.25) is 5.82 Å². The van der Waals surface area contributed by atoms with Crippen LogP contribution in [0.3, 0.4) is 0 Å². The standard InChI is InChI=1S/C12H22N4O/c1-8(2)6-5-7-13-12(17)11-14-10(9(3)4)15-16-11/h8-9H,5-7H2,1-4H3,(H,13,17)(H,14,15,16).